The number of rotatable bonds is 4. The zero-order chi connectivity index (χ0) is 15.9. The van der Waals surface area contributed by atoms with Gasteiger partial charge in [0.05, 0.1) is 12.6 Å². The molecule has 2 heterocycles. The lowest BCUT2D eigenvalue weighted by molar-refractivity contribution is 0.229. The van der Waals surface area contributed by atoms with Gasteiger partial charge in [-0.25, -0.2) is 0 Å². The molecule has 2 aromatic heterocycles. The topological polar surface area (TPSA) is 113 Å². The average molecular weight is 350 g/mol. The number of methoxy groups -OCH3 is 1. The molecular weight excluding hydrogens is 334 g/mol. The molecule has 0 radical (unpaired) electrons. The average Bonchev–Trinajstić information content (AvgIpc) is 3.21. The molecule has 1 aromatic carbocycles. The molecule has 8 nitrogen and oxygen atoms in total. The Kier molecular flexibility index (Phi) is 4.25. The minimum atomic E-state index is -0.485. The zero-order valence-corrected chi connectivity index (χ0v) is 13.7. The molecule has 3 aromatic rings. The van der Waals surface area contributed by atoms with Gasteiger partial charge in [0.25, 0.3) is 17.6 Å². The third-order valence-corrected chi connectivity index (χ3v) is 4.05. The van der Waals surface area contributed by atoms with Gasteiger partial charge in [0.15, 0.2) is 5.82 Å². The van der Waals surface area contributed by atoms with E-state index in [1.54, 1.807) is 13.2 Å². The van der Waals surface area contributed by atoms with Gasteiger partial charge in [-0.3, -0.25) is 0 Å². The quantitative estimate of drug-likeness (QED) is 0.764. The number of nitrogens with two attached hydrogens (primary N) is 1. The highest BCUT2D eigenvalue weighted by Crippen LogP contribution is 2.37. The molecule has 1 saturated carbocycles. The van der Waals surface area contributed by atoms with Crippen LogP contribution in [0.2, 0.25) is 0 Å². The van der Waals surface area contributed by atoms with E-state index in [4.69, 9.17) is 19.5 Å². The second-order valence-corrected chi connectivity index (χ2v) is 5.59. The Balaban J connectivity index is 0.00000169. The normalized spacial score (nSPS) is 15.4. The fourth-order valence-corrected chi connectivity index (χ4v) is 2.48. The van der Waals surface area contributed by atoms with Crippen molar-refractivity contribution in [2.45, 2.75) is 24.8 Å². The Bertz CT molecular complexity index is 843. The zero-order valence-electron chi connectivity index (χ0n) is 12.9. The first-order valence-electron chi connectivity index (χ1n) is 7.29. The van der Waals surface area contributed by atoms with E-state index in [9.17, 15) is 0 Å². The van der Waals surface area contributed by atoms with E-state index in [1.807, 2.05) is 18.2 Å². The fraction of sp³-hybridized carbons (Fsp3) is 0.333. The van der Waals surface area contributed by atoms with Crippen LogP contribution < -0.4 is 10.5 Å². The molecule has 0 amide bonds. The van der Waals surface area contributed by atoms with Crippen LogP contribution in [0.5, 0.6) is 5.75 Å². The largest absolute Gasteiger partial charge is 0.497 e. The van der Waals surface area contributed by atoms with Crippen LogP contribution in [0.25, 0.3) is 23.2 Å². The molecule has 0 aliphatic heterocycles. The smallest absolute Gasteiger partial charge is 0.299 e. The van der Waals surface area contributed by atoms with Crippen LogP contribution in [0, 0.1) is 0 Å². The highest BCUT2D eigenvalue weighted by Gasteiger charge is 2.39. The summed E-state index contributed by atoms with van der Waals surface area (Å²) in [7, 11) is 1.60. The molecule has 1 aliphatic carbocycles. The van der Waals surface area contributed by atoms with Gasteiger partial charge in [-0.1, -0.05) is 16.4 Å². The summed E-state index contributed by atoms with van der Waals surface area (Å²) in [6, 6.07) is 7.34. The maximum absolute atomic E-state index is 6.18. The second-order valence-electron chi connectivity index (χ2n) is 5.59. The highest BCUT2D eigenvalue weighted by molar-refractivity contribution is 5.85. The van der Waals surface area contributed by atoms with Crippen LogP contribution in [0.1, 0.15) is 25.1 Å². The Hall–Kier alpha value is -2.45. The Morgan fingerprint density at radius 2 is 1.92 bits per heavy atom. The van der Waals surface area contributed by atoms with E-state index in [1.165, 1.54) is 0 Å². The highest BCUT2D eigenvalue weighted by atomic mass is 35.5. The van der Waals surface area contributed by atoms with Gasteiger partial charge in [-0.2, -0.15) is 9.97 Å². The van der Waals surface area contributed by atoms with Gasteiger partial charge in [0.1, 0.15) is 5.75 Å². The molecule has 24 heavy (non-hydrogen) atoms. The number of halogens is 1. The SMILES string of the molecule is COc1cccc(-c2nc(-c3nc(C4(N)CCC4)no3)no2)c1.Cl. The van der Waals surface area contributed by atoms with Gasteiger partial charge < -0.3 is 19.5 Å². The molecule has 126 valence electrons. The van der Waals surface area contributed by atoms with Gasteiger partial charge >= 0.3 is 0 Å². The molecule has 1 aliphatic rings. The summed E-state index contributed by atoms with van der Waals surface area (Å²) in [5.41, 5.74) is 6.44. The van der Waals surface area contributed by atoms with Gasteiger partial charge in [-0.15, -0.1) is 12.4 Å². The molecule has 4 rings (SSSR count). The van der Waals surface area contributed by atoms with E-state index in [-0.39, 0.29) is 24.1 Å². The third-order valence-electron chi connectivity index (χ3n) is 4.05. The molecule has 0 saturated heterocycles. The molecule has 9 heteroatoms. The summed E-state index contributed by atoms with van der Waals surface area (Å²) in [4.78, 5) is 8.60. The van der Waals surface area contributed by atoms with E-state index < -0.39 is 5.54 Å². The molecule has 0 spiro atoms. The van der Waals surface area contributed by atoms with E-state index in [2.05, 4.69) is 20.3 Å². The van der Waals surface area contributed by atoms with Crippen LogP contribution in [0.15, 0.2) is 33.3 Å². The predicted molar refractivity (Wildman–Crippen MR) is 86.5 cm³/mol. The summed E-state index contributed by atoms with van der Waals surface area (Å²) in [5, 5.41) is 7.84. The first-order chi connectivity index (χ1) is 11.2. The van der Waals surface area contributed by atoms with Crippen molar-refractivity contribution in [1.29, 1.82) is 0 Å². The molecule has 0 unspecified atom stereocenters. The number of aromatic nitrogens is 4. The van der Waals surface area contributed by atoms with Crippen molar-refractivity contribution in [3.8, 4) is 28.9 Å². The first-order valence-corrected chi connectivity index (χ1v) is 7.29. The van der Waals surface area contributed by atoms with E-state index in [0.717, 1.165) is 24.8 Å². The molecule has 1 fully saturated rings. The lowest BCUT2D eigenvalue weighted by atomic mass is 9.77. The summed E-state index contributed by atoms with van der Waals surface area (Å²) < 4.78 is 15.7. The number of nitrogens with zero attached hydrogens (tertiary/aromatic N) is 4. The van der Waals surface area contributed by atoms with Crippen molar-refractivity contribution >= 4 is 12.4 Å². The third kappa shape index (κ3) is 2.74. The predicted octanol–water partition coefficient (Wildman–Crippen LogP) is 2.55. The van der Waals surface area contributed by atoms with Crippen molar-refractivity contribution in [3.05, 3.63) is 30.1 Å². The fourth-order valence-electron chi connectivity index (χ4n) is 2.48. The van der Waals surface area contributed by atoms with Crippen molar-refractivity contribution in [2.75, 3.05) is 7.11 Å². The van der Waals surface area contributed by atoms with Crippen molar-refractivity contribution in [1.82, 2.24) is 20.3 Å². The number of hydrogen-bond donors (Lipinski definition) is 1. The molecule has 0 atom stereocenters. The minimum absolute atomic E-state index is 0. The van der Waals surface area contributed by atoms with Gasteiger partial charge in [0.2, 0.25) is 0 Å². The van der Waals surface area contributed by atoms with Crippen LogP contribution >= 0.6 is 12.4 Å². The number of hydrogen-bond acceptors (Lipinski definition) is 8. The maximum Gasteiger partial charge on any atom is 0.299 e. The van der Waals surface area contributed by atoms with Crippen LogP contribution in [0.4, 0.5) is 0 Å². The van der Waals surface area contributed by atoms with Crippen LogP contribution in [-0.4, -0.2) is 27.4 Å². The first kappa shape index (κ1) is 16.4. The van der Waals surface area contributed by atoms with Crippen molar-refractivity contribution in [2.24, 2.45) is 5.73 Å². The van der Waals surface area contributed by atoms with E-state index in [0.29, 0.717) is 17.5 Å². The molecular formula is C15H16ClN5O3. The number of benzene rings is 1. The summed E-state index contributed by atoms with van der Waals surface area (Å²) in [5.74, 6) is 1.99. The Morgan fingerprint density at radius 3 is 2.62 bits per heavy atom. The lowest BCUT2D eigenvalue weighted by Gasteiger charge is -2.34. The summed E-state index contributed by atoms with van der Waals surface area (Å²) in [6.45, 7) is 0. The summed E-state index contributed by atoms with van der Waals surface area (Å²) in [6.07, 6.45) is 2.78. The van der Waals surface area contributed by atoms with Gasteiger partial charge in [0, 0.05) is 5.56 Å². The number of ether oxygens (including phenoxy) is 1. The molecule has 0 bridgehead atoms. The standard InChI is InChI=1S/C15H15N5O3.ClH/c1-21-10-5-2-4-9(8-10)12-17-11(19-22-12)13-18-14(20-23-13)15(16)6-3-7-15;/h2,4-5,8H,3,6-7,16H2,1H3;1H. The van der Waals surface area contributed by atoms with Gasteiger partial charge in [-0.05, 0) is 37.5 Å². The van der Waals surface area contributed by atoms with Crippen LogP contribution in [0.3, 0.4) is 0 Å². The lowest BCUT2D eigenvalue weighted by Crippen LogP contribution is -2.44. The van der Waals surface area contributed by atoms with Crippen molar-refractivity contribution in [3.63, 3.8) is 0 Å². The Labute approximate surface area is 143 Å². The minimum Gasteiger partial charge on any atom is -0.497 e. The monoisotopic (exact) mass is 349 g/mol. The van der Waals surface area contributed by atoms with E-state index >= 15 is 0 Å². The maximum atomic E-state index is 6.18. The Morgan fingerprint density at radius 1 is 1.12 bits per heavy atom. The van der Waals surface area contributed by atoms with Crippen molar-refractivity contribution < 1.29 is 13.8 Å². The second kappa shape index (κ2) is 6.21. The van der Waals surface area contributed by atoms with Crippen LogP contribution in [-0.2, 0) is 5.54 Å². The summed E-state index contributed by atoms with van der Waals surface area (Å²) >= 11 is 0. The molecule has 2 N–H and O–H groups in total.